The van der Waals surface area contributed by atoms with E-state index in [4.69, 9.17) is 4.52 Å². The third kappa shape index (κ3) is 4.85. The zero-order valence-corrected chi connectivity index (χ0v) is 14.9. The van der Waals surface area contributed by atoms with Crippen molar-refractivity contribution in [3.8, 4) is 0 Å². The maximum atomic E-state index is 12.2. The van der Waals surface area contributed by atoms with Crippen molar-refractivity contribution in [1.29, 1.82) is 0 Å². The van der Waals surface area contributed by atoms with Gasteiger partial charge in [0.1, 0.15) is 5.76 Å². The first-order chi connectivity index (χ1) is 12.1. The lowest BCUT2D eigenvalue weighted by molar-refractivity contribution is -0.119. The molecule has 0 saturated heterocycles. The first-order valence-electron chi connectivity index (χ1n) is 8.30. The van der Waals surface area contributed by atoms with Gasteiger partial charge in [0.25, 0.3) is 0 Å². The van der Waals surface area contributed by atoms with Crippen LogP contribution < -0.4 is 10.6 Å². The topological polar surface area (TPSA) is 84.2 Å². The number of rotatable bonds is 6. The highest BCUT2D eigenvalue weighted by Crippen LogP contribution is 2.29. The molecule has 1 aliphatic carbocycles. The molecule has 0 radical (unpaired) electrons. The zero-order chi connectivity index (χ0) is 17.6. The fourth-order valence-corrected chi connectivity index (χ4v) is 3.61. The predicted octanol–water partition coefficient (Wildman–Crippen LogP) is 2.85. The fraction of sp³-hybridized carbons (Fsp3) is 0.389. The maximum absolute atomic E-state index is 12.2. The highest BCUT2D eigenvalue weighted by atomic mass is 32.2. The Morgan fingerprint density at radius 3 is 2.88 bits per heavy atom. The van der Waals surface area contributed by atoms with Crippen molar-refractivity contribution >= 4 is 29.4 Å². The van der Waals surface area contributed by atoms with Gasteiger partial charge in [-0.3, -0.25) is 9.59 Å². The van der Waals surface area contributed by atoms with Gasteiger partial charge in [-0.1, -0.05) is 29.4 Å². The van der Waals surface area contributed by atoms with Gasteiger partial charge in [-0.05, 0) is 37.3 Å². The van der Waals surface area contributed by atoms with E-state index in [1.807, 2.05) is 12.1 Å². The molecule has 0 saturated carbocycles. The van der Waals surface area contributed by atoms with Gasteiger partial charge in [0.05, 0.1) is 17.5 Å². The SMILES string of the molecule is Cc1cc(NC(=O)CSCC(=O)NC2CCCc3ccccc32)no1. The van der Waals surface area contributed by atoms with Gasteiger partial charge in [0, 0.05) is 6.07 Å². The molecule has 25 heavy (non-hydrogen) atoms. The number of fused-ring (bicyclic) bond motifs is 1. The summed E-state index contributed by atoms with van der Waals surface area (Å²) in [4.78, 5) is 24.0. The van der Waals surface area contributed by atoms with Crippen molar-refractivity contribution in [2.75, 3.05) is 16.8 Å². The summed E-state index contributed by atoms with van der Waals surface area (Å²) >= 11 is 1.28. The lowest BCUT2D eigenvalue weighted by Crippen LogP contribution is -2.32. The molecule has 0 spiro atoms. The highest BCUT2D eigenvalue weighted by Gasteiger charge is 2.21. The van der Waals surface area contributed by atoms with Gasteiger partial charge < -0.3 is 15.2 Å². The average molecular weight is 359 g/mol. The Morgan fingerprint density at radius 1 is 1.28 bits per heavy atom. The number of thioether (sulfide) groups is 1. The third-order valence-corrected chi connectivity index (χ3v) is 5.00. The van der Waals surface area contributed by atoms with Crippen molar-refractivity contribution in [3.05, 3.63) is 47.2 Å². The Bertz CT molecular complexity index is 760. The number of anilines is 1. The molecule has 1 aromatic heterocycles. The summed E-state index contributed by atoms with van der Waals surface area (Å²) in [6.07, 6.45) is 3.10. The molecule has 1 aromatic carbocycles. The standard InChI is InChI=1S/C18H21N3O3S/c1-12-9-16(21-24-12)20-18(23)11-25-10-17(22)19-15-8-4-6-13-5-2-3-7-14(13)15/h2-3,5,7,9,15H,4,6,8,10-11H2,1H3,(H,19,22)(H,20,21,23). The van der Waals surface area contributed by atoms with Gasteiger partial charge in [0.15, 0.2) is 5.82 Å². The molecule has 1 unspecified atom stereocenters. The third-order valence-electron chi connectivity index (χ3n) is 4.07. The summed E-state index contributed by atoms with van der Waals surface area (Å²) < 4.78 is 4.89. The number of benzene rings is 1. The van der Waals surface area contributed by atoms with Crippen LogP contribution in [0, 0.1) is 6.92 Å². The number of hydrogen-bond acceptors (Lipinski definition) is 5. The van der Waals surface area contributed by atoms with Crippen LogP contribution in [-0.2, 0) is 16.0 Å². The maximum Gasteiger partial charge on any atom is 0.235 e. The number of carbonyl (C=O) groups is 2. The Labute approximate surface area is 150 Å². The van der Waals surface area contributed by atoms with E-state index < -0.39 is 0 Å². The van der Waals surface area contributed by atoms with Crippen LogP contribution in [0.3, 0.4) is 0 Å². The number of carbonyl (C=O) groups excluding carboxylic acids is 2. The van der Waals surface area contributed by atoms with E-state index in [1.54, 1.807) is 13.0 Å². The summed E-state index contributed by atoms with van der Waals surface area (Å²) in [5, 5.41) is 9.42. The van der Waals surface area contributed by atoms with Crippen molar-refractivity contribution in [3.63, 3.8) is 0 Å². The van der Waals surface area contributed by atoms with Gasteiger partial charge in [-0.15, -0.1) is 11.8 Å². The van der Waals surface area contributed by atoms with Gasteiger partial charge in [0.2, 0.25) is 11.8 Å². The smallest absolute Gasteiger partial charge is 0.235 e. The molecule has 0 bridgehead atoms. The Kier molecular flexibility index (Phi) is 5.75. The first kappa shape index (κ1) is 17.5. The molecule has 132 valence electrons. The lowest BCUT2D eigenvalue weighted by Gasteiger charge is -2.26. The van der Waals surface area contributed by atoms with E-state index in [0.717, 1.165) is 19.3 Å². The van der Waals surface area contributed by atoms with E-state index in [2.05, 4.69) is 27.9 Å². The van der Waals surface area contributed by atoms with Crippen molar-refractivity contribution in [2.45, 2.75) is 32.2 Å². The van der Waals surface area contributed by atoms with Crippen LogP contribution in [0.2, 0.25) is 0 Å². The van der Waals surface area contributed by atoms with Gasteiger partial charge >= 0.3 is 0 Å². The minimum absolute atomic E-state index is 0.0446. The number of nitrogens with zero attached hydrogens (tertiary/aromatic N) is 1. The molecule has 2 N–H and O–H groups in total. The van der Waals surface area contributed by atoms with E-state index in [1.165, 1.54) is 22.9 Å². The average Bonchev–Trinajstić information content (AvgIpc) is 3.00. The minimum Gasteiger partial charge on any atom is -0.360 e. The quantitative estimate of drug-likeness (QED) is 0.828. The number of nitrogens with one attached hydrogen (secondary N) is 2. The normalized spacial score (nSPS) is 16.1. The molecule has 1 heterocycles. The Morgan fingerprint density at radius 2 is 2.08 bits per heavy atom. The number of amides is 2. The summed E-state index contributed by atoms with van der Waals surface area (Å²) in [5.41, 5.74) is 2.53. The van der Waals surface area contributed by atoms with E-state index >= 15 is 0 Å². The molecule has 0 aliphatic heterocycles. The molecule has 6 nitrogen and oxygen atoms in total. The molecule has 2 amide bonds. The lowest BCUT2D eigenvalue weighted by atomic mass is 9.88. The van der Waals surface area contributed by atoms with E-state index in [-0.39, 0.29) is 29.4 Å². The number of aryl methyl sites for hydroxylation is 2. The highest BCUT2D eigenvalue weighted by molar-refractivity contribution is 8.00. The Hall–Kier alpha value is -2.28. The second kappa shape index (κ2) is 8.20. The van der Waals surface area contributed by atoms with Crippen LogP contribution in [0.25, 0.3) is 0 Å². The first-order valence-corrected chi connectivity index (χ1v) is 9.45. The number of aromatic nitrogens is 1. The van der Waals surface area contributed by atoms with E-state index in [9.17, 15) is 9.59 Å². The number of hydrogen-bond donors (Lipinski definition) is 2. The minimum atomic E-state index is -0.200. The Balaban J connectivity index is 1.42. The molecule has 7 heteroatoms. The van der Waals surface area contributed by atoms with Crippen LogP contribution in [0.1, 0.15) is 35.8 Å². The van der Waals surface area contributed by atoms with Crippen LogP contribution >= 0.6 is 11.8 Å². The summed E-state index contributed by atoms with van der Waals surface area (Å²) in [6.45, 7) is 1.76. The largest absolute Gasteiger partial charge is 0.360 e. The molecule has 2 aromatic rings. The summed E-state index contributed by atoms with van der Waals surface area (Å²) in [6, 6.07) is 9.97. The monoisotopic (exact) mass is 359 g/mol. The molecule has 1 aliphatic rings. The van der Waals surface area contributed by atoms with Crippen molar-refractivity contribution < 1.29 is 14.1 Å². The second-order valence-corrected chi connectivity index (χ2v) is 7.06. The van der Waals surface area contributed by atoms with Crippen molar-refractivity contribution in [2.24, 2.45) is 0 Å². The van der Waals surface area contributed by atoms with E-state index in [0.29, 0.717) is 11.6 Å². The fourth-order valence-electron chi connectivity index (χ4n) is 2.98. The molecule has 3 rings (SSSR count). The molecular formula is C18H21N3O3S. The van der Waals surface area contributed by atoms with Crippen LogP contribution in [0.4, 0.5) is 5.82 Å². The van der Waals surface area contributed by atoms with Crippen LogP contribution in [0.5, 0.6) is 0 Å². The van der Waals surface area contributed by atoms with Gasteiger partial charge in [-0.2, -0.15) is 0 Å². The van der Waals surface area contributed by atoms with Crippen LogP contribution in [-0.4, -0.2) is 28.5 Å². The second-order valence-electron chi connectivity index (χ2n) is 6.07. The molecule has 1 atom stereocenters. The molecule has 0 fully saturated rings. The summed E-state index contributed by atoms with van der Waals surface area (Å²) in [7, 11) is 0. The van der Waals surface area contributed by atoms with Gasteiger partial charge in [-0.25, -0.2) is 0 Å². The predicted molar refractivity (Wildman–Crippen MR) is 97.5 cm³/mol. The zero-order valence-electron chi connectivity index (χ0n) is 14.1. The van der Waals surface area contributed by atoms with Crippen LogP contribution in [0.15, 0.2) is 34.9 Å². The van der Waals surface area contributed by atoms with Crippen molar-refractivity contribution in [1.82, 2.24) is 10.5 Å². The summed E-state index contributed by atoms with van der Waals surface area (Å²) in [5.74, 6) is 1.23. The molecular weight excluding hydrogens is 338 g/mol.